The number of hydrogen-bond acceptors (Lipinski definition) is 2. The van der Waals surface area contributed by atoms with E-state index in [1.54, 1.807) is 23.0 Å². The zero-order valence-electron chi connectivity index (χ0n) is 11.4. The number of nitrogens with zero attached hydrogens (tertiary/aromatic N) is 2. The van der Waals surface area contributed by atoms with E-state index in [4.69, 9.17) is 47.0 Å². The van der Waals surface area contributed by atoms with Gasteiger partial charge in [0.2, 0.25) is 0 Å². The molecule has 8 heteroatoms. The van der Waals surface area contributed by atoms with Crippen molar-refractivity contribution < 1.29 is 0 Å². The number of anilines is 1. The molecular weight excluding hydrogens is 363 g/mol. The summed E-state index contributed by atoms with van der Waals surface area (Å²) in [5.74, 6) is 0.532. The summed E-state index contributed by atoms with van der Waals surface area (Å²) >= 11 is 23.5. The van der Waals surface area contributed by atoms with Gasteiger partial charge >= 0.3 is 0 Å². The van der Waals surface area contributed by atoms with Gasteiger partial charge in [0.05, 0.1) is 6.54 Å². The number of thiocarbonyl (C=S) groups is 1. The number of aromatic nitrogens is 2. The molecule has 1 saturated carbocycles. The first kappa shape index (κ1) is 15.9. The molecule has 1 aliphatic carbocycles. The summed E-state index contributed by atoms with van der Waals surface area (Å²) in [7, 11) is 0. The van der Waals surface area contributed by atoms with Gasteiger partial charge in [0.25, 0.3) is 0 Å². The van der Waals surface area contributed by atoms with Crippen LogP contribution >= 0.6 is 47.0 Å². The second-order valence-corrected chi connectivity index (χ2v) is 6.79. The Morgan fingerprint density at radius 3 is 2.73 bits per heavy atom. The normalized spacial score (nSPS) is 14.0. The lowest BCUT2D eigenvalue weighted by Gasteiger charge is -2.07. The third kappa shape index (κ3) is 4.04. The number of hydrogen-bond donors (Lipinski definition) is 2. The van der Waals surface area contributed by atoms with E-state index in [9.17, 15) is 0 Å². The number of benzene rings is 1. The van der Waals surface area contributed by atoms with Crippen LogP contribution in [0.25, 0.3) is 0 Å². The number of nitrogens with one attached hydrogen (secondary N) is 2. The maximum absolute atomic E-state index is 6.19. The first-order valence-corrected chi connectivity index (χ1v) is 8.30. The molecule has 2 aromatic rings. The van der Waals surface area contributed by atoms with E-state index in [0.29, 0.717) is 38.6 Å². The molecule has 0 atom stereocenters. The maximum Gasteiger partial charge on any atom is 0.173 e. The van der Waals surface area contributed by atoms with Crippen molar-refractivity contribution in [3.05, 3.63) is 45.0 Å². The lowest BCUT2D eigenvalue weighted by Crippen LogP contribution is -2.30. The Labute approximate surface area is 148 Å². The smallest absolute Gasteiger partial charge is 0.173 e. The standard InChI is InChI=1S/C14H13Cl3N4S/c15-9-2-1-8(11(16)5-9)6-21-7-12(17)13(20-21)19-14(22)18-10-3-4-10/h1-2,5,7,10H,3-4,6H2,(H2,18,19,20,22). The molecule has 0 unspecified atom stereocenters. The highest BCUT2D eigenvalue weighted by atomic mass is 35.5. The maximum atomic E-state index is 6.19. The molecule has 3 rings (SSSR count). The van der Waals surface area contributed by atoms with Crippen LogP contribution in [0.5, 0.6) is 0 Å². The third-order valence-electron chi connectivity index (χ3n) is 3.21. The summed E-state index contributed by atoms with van der Waals surface area (Å²) < 4.78 is 1.71. The molecular formula is C14H13Cl3N4S. The summed E-state index contributed by atoms with van der Waals surface area (Å²) in [4.78, 5) is 0. The van der Waals surface area contributed by atoms with Gasteiger partial charge in [0, 0.05) is 22.3 Å². The predicted molar refractivity (Wildman–Crippen MR) is 95.2 cm³/mol. The average molecular weight is 376 g/mol. The molecule has 0 bridgehead atoms. The molecule has 0 amide bonds. The van der Waals surface area contributed by atoms with Crippen molar-refractivity contribution in [3.8, 4) is 0 Å². The highest BCUT2D eigenvalue weighted by Gasteiger charge is 2.22. The Kier molecular flexibility index (Phi) is 4.78. The van der Waals surface area contributed by atoms with Gasteiger partial charge in [0.1, 0.15) is 5.02 Å². The lowest BCUT2D eigenvalue weighted by molar-refractivity contribution is 0.690. The zero-order chi connectivity index (χ0) is 15.7. The molecule has 0 radical (unpaired) electrons. The van der Waals surface area contributed by atoms with E-state index in [0.717, 1.165) is 18.4 Å². The summed E-state index contributed by atoms with van der Waals surface area (Å²) in [5, 5.41) is 12.8. The van der Waals surface area contributed by atoms with Gasteiger partial charge in [-0.3, -0.25) is 4.68 Å². The second kappa shape index (κ2) is 6.62. The van der Waals surface area contributed by atoms with Gasteiger partial charge in [-0.2, -0.15) is 5.10 Å². The second-order valence-electron chi connectivity index (χ2n) is 5.13. The molecule has 1 heterocycles. The Hall–Kier alpha value is -1.01. The van der Waals surface area contributed by atoms with Crippen LogP contribution in [0.1, 0.15) is 18.4 Å². The van der Waals surface area contributed by atoms with E-state index < -0.39 is 0 Å². The van der Waals surface area contributed by atoms with Crippen molar-refractivity contribution in [3.63, 3.8) is 0 Å². The summed E-state index contributed by atoms with van der Waals surface area (Å²) in [6, 6.07) is 5.85. The van der Waals surface area contributed by atoms with E-state index >= 15 is 0 Å². The van der Waals surface area contributed by atoms with Crippen LogP contribution in [-0.4, -0.2) is 20.9 Å². The van der Waals surface area contributed by atoms with E-state index in [-0.39, 0.29) is 0 Å². The molecule has 116 valence electrons. The van der Waals surface area contributed by atoms with Gasteiger partial charge in [-0.15, -0.1) is 0 Å². The number of halogens is 3. The van der Waals surface area contributed by atoms with Crippen LogP contribution in [0.15, 0.2) is 24.4 Å². The average Bonchev–Trinajstić information content (AvgIpc) is 3.18. The minimum Gasteiger partial charge on any atom is -0.360 e. The van der Waals surface area contributed by atoms with Crippen LogP contribution in [0.3, 0.4) is 0 Å². The zero-order valence-corrected chi connectivity index (χ0v) is 14.5. The van der Waals surface area contributed by atoms with Gasteiger partial charge < -0.3 is 10.6 Å². The van der Waals surface area contributed by atoms with Gasteiger partial charge in [-0.1, -0.05) is 40.9 Å². The van der Waals surface area contributed by atoms with Gasteiger partial charge in [-0.05, 0) is 42.8 Å². The quantitative estimate of drug-likeness (QED) is 0.780. The minimum absolute atomic E-state index is 0.480. The number of rotatable bonds is 4. The van der Waals surface area contributed by atoms with Gasteiger partial charge in [0.15, 0.2) is 10.9 Å². The topological polar surface area (TPSA) is 41.9 Å². The van der Waals surface area contributed by atoms with Crippen LogP contribution in [0.2, 0.25) is 15.1 Å². The Morgan fingerprint density at radius 2 is 2.05 bits per heavy atom. The van der Waals surface area contributed by atoms with E-state index in [1.165, 1.54) is 0 Å². The van der Waals surface area contributed by atoms with E-state index in [2.05, 4.69) is 15.7 Å². The lowest BCUT2D eigenvalue weighted by atomic mass is 10.2. The molecule has 22 heavy (non-hydrogen) atoms. The van der Waals surface area contributed by atoms with Crippen molar-refractivity contribution in [1.29, 1.82) is 0 Å². The molecule has 1 aliphatic rings. The van der Waals surface area contributed by atoms with Crippen molar-refractivity contribution >= 4 is 58.0 Å². The van der Waals surface area contributed by atoms with Crippen molar-refractivity contribution in [1.82, 2.24) is 15.1 Å². The fraction of sp³-hybridized carbons (Fsp3) is 0.286. The van der Waals surface area contributed by atoms with Crippen molar-refractivity contribution in [2.24, 2.45) is 0 Å². The molecule has 0 saturated heterocycles. The molecule has 0 spiro atoms. The van der Waals surface area contributed by atoms with Crippen LogP contribution in [-0.2, 0) is 6.54 Å². The Bertz CT molecular complexity index is 712. The first-order chi connectivity index (χ1) is 10.5. The summed E-state index contributed by atoms with van der Waals surface area (Å²) in [6.07, 6.45) is 4.03. The van der Waals surface area contributed by atoms with Crippen LogP contribution < -0.4 is 10.6 Å². The Balaban J connectivity index is 1.69. The van der Waals surface area contributed by atoms with Crippen molar-refractivity contribution in [2.45, 2.75) is 25.4 Å². The largest absolute Gasteiger partial charge is 0.360 e. The fourth-order valence-corrected chi connectivity index (χ4v) is 2.87. The first-order valence-electron chi connectivity index (χ1n) is 6.75. The molecule has 4 nitrogen and oxygen atoms in total. The highest BCUT2D eigenvalue weighted by molar-refractivity contribution is 7.80. The molecule has 1 fully saturated rings. The Morgan fingerprint density at radius 1 is 1.27 bits per heavy atom. The van der Waals surface area contributed by atoms with Crippen molar-refractivity contribution in [2.75, 3.05) is 5.32 Å². The molecule has 2 N–H and O–H groups in total. The third-order valence-corrected chi connectivity index (χ3v) is 4.29. The SMILES string of the molecule is S=C(Nc1nn(Cc2ccc(Cl)cc2Cl)cc1Cl)NC1CC1. The molecule has 1 aromatic carbocycles. The fourth-order valence-electron chi connectivity index (χ4n) is 1.94. The summed E-state index contributed by atoms with van der Waals surface area (Å²) in [5.41, 5.74) is 0.912. The summed E-state index contributed by atoms with van der Waals surface area (Å²) in [6.45, 7) is 0.500. The molecule has 1 aromatic heterocycles. The van der Waals surface area contributed by atoms with Crippen LogP contribution in [0, 0.1) is 0 Å². The van der Waals surface area contributed by atoms with Crippen LogP contribution in [0.4, 0.5) is 5.82 Å². The van der Waals surface area contributed by atoms with Gasteiger partial charge in [-0.25, -0.2) is 0 Å². The van der Waals surface area contributed by atoms with E-state index in [1.807, 2.05) is 6.07 Å². The molecule has 0 aliphatic heterocycles. The monoisotopic (exact) mass is 374 g/mol. The predicted octanol–water partition coefficient (Wildman–Crippen LogP) is 4.34. The minimum atomic E-state index is 0.480. The highest BCUT2D eigenvalue weighted by Crippen LogP contribution is 2.24.